The van der Waals surface area contributed by atoms with Gasteiger partial charge in [0.15, 0.2) is 0 Å². The summed E-state index contributed by atoms with van der Waals surface area (Å²) in [5, 5.41) is 0. The van der Waals surface area contributed by atoms with Crippen LogP contribution >= 0.6 is 8.20 Å². The van der Waals surface area contributed by atoms with Gasteiger partial charge in [0.25, 0.3) is 0 Å². The fourth-order valence-electron chi connectivity index (χ4n) is 5.19. The third-order valence-corrected chi connectivity index (χ3v) is 7.17. The molecular formula is C31H28NOP. The van der Waals surface area contributed by atoms with Crippen LogP contribution in [-0.4, -0.2) is 6.30 Å². The van der Waals surface area contributed by atoms with Gasteiger partial charge in [0.2, 0.25) is 0 Å². The SMILES string of the molecule is C=P/C=C1\c2ccccc2C(NOC(C)c2ccccc2)C1(c1ccccc1)c1ccccc1. The van der Waals surface area contributed by atoms with Gasteiger partial charge in [0, 0.05) is 0 Å². The number of rotatable bonds is 7. The first-order valence-corrected chi connectivity index (χ1v) is 12.7. The molecule has 1 N–H and O–H groups in total. The summed E-state index contributed by atoms with van der Waals surface area (Å²) in [6, 6.07) is 40.4. The van der Waals surface area contributed by atoms with Crippen molar-refractivity contribution >= 4 is 20.1 Å². The molecule has 3 heteroatoms. The number of hydroxylamine groups is 1. The van der Waals surface area contributed by atoms with Crippen molar-refractivity contribution in [2.75, 3.05) is 0 Å². The molecule has 1 aliphatic rings. The van der Waals surface area contributed by atoms with Gasteiger partial charge in [0.1, 0.15) is 6.10 Å². The van der Waals surface area contributed by atoms with Crippen LogP contribution in [-0.2, 0) is 10.3 Å². The van der Waals surface area contributed by atoms with Crippen LogP contribution in [0.2, 0.25) is 0 Å². The van der Waals surface area contributed by atoms with Crippen molar-refractivity contribution in [1.29, 1.82) is 0 Å². The van der Waals surface area contributed by atoms with Gasteiger partial charge in [-0.1, -0.05) is 130 Å². The number of hydrogen-bond acceptors (Lipinski definition) is 2. The molecule has 0 fully saturated rings. The summed E-state index contributed by atoms with van der Waals surface area (Å²) < 4.78 is 0. The van der Waals surface area contributed by atoms with Crippen molar-refractivity contribution in [2.45, 2.75) is 24.5 Å². The van der Waals surface area contributed by atoms with E-state index in [9.17, 15) is 0 Å². The second-order valence-electron chi connectivity index (χ2n) is 8.57. The van der Waals surface area contributed by atoms with Crippen LogP contribution in [0, 0.1) is 0 Å². The maximum Gasteiger partial charge on any atom is 0.101 e. The molecule has 168 valence electrons. The van der Waals surface area contributed by atoms with Crippen LogP contribution < -0.4 is 5.48 Å². The first-order chi connectivity index (χ1) is 16.8. The molecule has 5 rings (SSSR count). The highest BCUT2D eigenvalue weighted by Crippen LogP contribution is 2.59. The minimum absolute atomic E-state index is 0.100. The Morgan fingerprint density at radius 1 is 0.794 bits per heavy atom. The van der Waals surface area contributed by atoms with E-state index < -0.39 is 5.41 Å². The molecule has 1 aliphatic carbocycles. The number of nitrogens with one attached hydrogen (secondary N) is 1. The van der Waals surface area contributed by atoms with Crippen molar-refractivity contribution in [3.63, 3.8) is 0 Å². The van der Waals surface area contributed by atoms with E-state index in [4.69, 9.17) is 4.84 Å². The molecule has 2 atom stereocenters. The summed E-state index contributed by atoms with van der Waals surface area (Å²) in [6.45, 7) is 2.08. The summed E-state index contributed by atoms with van der Waals surface area (Å²) in [5.41, 5.74) is 10.4. The molecule has 0 heterocycles. The molecule has 2 nitrogen and oxygen atoms in total. The summed E-state index contributed by atoms with van der Waals surface area (Å²) in [7, 11) is 0.971. The highest BCUT2D eigenvalue weighted by molar-refractivity contribution is 7.40. The third kappa shape index (κ3) is 3.85. The Kier molecular flexibility index (Phi) is 6.56. The van der Waals surface area contributed by atoms with E-state index >= 15 is 0 Å². The van der Waals surface area contributed by atoms with Gasteiger partial charge in [-0.25, -0.2) is 0 Å². The fraction of sp³-hybridized carbons (Fsp3) is 0.129. The lowest BCUT2D eigenvalue weighted by molar-refractivity contribution is -0.0438. The largest absolute Gasteiger partial charge is 0.293 e. The first kappa shape index (κ1) is 22.5. The summed E-state index contributed by atoms with van der Waals surface area (Å²) in [4.78, 5) is 6.40. The van der Waals surface area contributed by atoms with E-state index in [0.717, 1.165) is 13.8 Å². The number of hydrogen-bond donors (Lipinski definition) is 1. The monoisotopic (exact) mass is 461 g/mol. The summed E-state index contributed by atoms with van der Waals surface area (Å²) in [6.07, 6.45) is 4.06. The first-order valence-electron chi connectivity index (χ1n) is 11.6. The number of benzene rings is 4. The standard InChI is InChI=1S/C31H28NOP/c1-23(24-14-6-3-7-15-24)33-32-30-28-21-13-12-20-27(28)29(22-34-2)31(30,25-16-8-4-9-17-25)26-18-10-5-11-19-26/h3-23,30,32H,2H2,1H3/b29-22+. The molecule has 4 aromatic rings. The molecule has 0 aliphatic heterocycles. The van der Waals surface area contributed by atoms with Gasteiger partial charge in [-0.05, 0) is 46.1 Å². The maximum absolute atomic E-state index is 6.40. The van der Waals surface area contributed by atoms with Gasteiger partial charge in [-0.3, -0.25) is 4.84 Å². The lowest BCUT2D eigenvalue weighted by Crippen LogP contribution is -2.40. The molecule has 0 spiro atoms. The average molecular weight is 462 g/mol. The van der Waals surface area contributed by atoms with Crippen LogP contribution in [0.4, 0.5) is 0 Å². The van der Waals surface area contributed by atoms with Gasteiger partial charge in [0.05, 0.1) is 11.5 Å². The Balaban J connectivity index is 1.70. The zero-order valence-corrected chi connectivity index (χ0v) is 20.2. The predicted molar refractivity (Wildman–Crippen MR) is 144 cm³/mol. The lowest BCUT2D eigenvalue weighted by Gasteiger charge is -2.39. The van der Waals surface area contributed by atoms with Gasteiger partial charge in [-0.15, -0.1) is 0 Å². The molecule has 0 amide bonds. The average Bonchev–Trinajstić information content (AvgIpc) is 3.19. The Bertz CT molecular complexity index is 1250. The Morgan fingerprint density at radius 3 is 1.91 bits per heavy atom. The maximum atomic E-state index is 6.40. The topological polar surface area (TPSA) is 21.3 Å². The Hall–Kier alpha value is -3.29. The van der Waals surface area contributed by atoms with E-state index in [1.165, 1.54) is 27.8 Å². The van der Waals surface area contributed by atoms with Crippen molar-refractivity contribution in [1.82, 2.24) is 5.48 Å². The molecule has 2 unspecified atom stereocenters. The quantitative estimate of drug-likeness (QED) is 0.225. The second-order valence-corrected chi connectivity index (χ2v) is 9.20. The minimum atomic E-state index is -0.465. The van der Waals surface area contributed by atoms with Crippen molar-refractivity contribution in [2.24, 2.45) is 0 Å². The molecule has 34 heavy (non-hydrogen) atoms. The zero-order chi connectivity index (χ0) is 23.4. The van der Waals surface area contributed by atoms with E-state index in [1.807, 2.05) is 18.2 Å². The summed E-state index contributed by atoms with van der Waals surface area (Å²) >= 11 is 0. The van der Waals surface area contributed by atoms with Crippen LogP contribution in [0.3, 0.4) is 0 Å². The third-order valence-electron chi connectivity index (χ3n) is 6.73. The van der Waals surface area contributed by atoms with Gasteiger partial charge >= 0.3 is 0 Å². The molecule has 4 aromatic carbocycles. The van der Waals surface area contributed by atoms with Crippen molar-refractivity contribution in [3.8, 4) is 0 Å². The zero-order valence-electron chi connectivity index (χ0n) is 19.3. The van der Waals surface area contributed by atoms with Crippen LogP contribution in [0.5, 0.6) is 0 Å². The van der Waals surface area contributed by atoms with Crippen LogP contribution in [0.1, 0.15) is 46.9 Å². The van der Waals surface area contributed by atoms with Gasteiger partial charge < -0.3 is 0 Å². The number of fused-ring (bicyclic) bond motifs is 1. The van der Waals surface area contributed by atoms with E-state index in [0.29, 0.717) is 0 Å². The smallest absolute Gasteiger partial charge is 0.101 e. The Labute approximate surface area is 203 Å². The highest BCUT2D eigenvalue weighted by atomic mass is 31.1. The van der Waals surface area contributed by atoms with E-state index in [1.54, 1.807) is 0 Å². The van der Waals surface area contributed by atoms with Crippen LogP contribution in [0.15, 0.2) is 121 Å². The van der Waals surface area contributed by atoms with Crippen molar-refractivity contribution < 1.29 is 4.84 Å². The van der Waals surface area contributed by atoms with Crippen molar-refractivity contribution in [3.05, 3.63) is 149 Å². The molecule has 0 saturated carbocycles. The normalized spacial score (nSPS) is 18.6. The lowest BCUT2D eigenvalue weighted by atomic mass is 9.67. The van der Waals surface area contributed by atoms with E-state index in [-0.39, 0.29) is 12.1 Å². The molecule has 0 saturated heterocycles. The Morgan fingerprint density at radius 2 is 1.32 bits per heavy atom. The molecular weight excluding hydrogens is 433 g/mol. The minimum Gasteiger partial charge on any atom is -0.293 e. The summed E-state index contributed by atoms with van der Waals surface area (Å²) in [5.74, 6) is 2.25. The second kappa shape index (κ2) is 9.91. The molecule has 0 radical (unpaired) electrons. The predicted octanol–water partition coefficient (Wildman–Crippen LogP) is 7.73. The highest BCUT2D eigenvalue weighted by Gasteiger charge is 2.52. The molecule has 0 bridgehead atoms. The van der Waals surface area contributed by atoms with Crippen LogP contribution in [0.25, 0.3) is 5.57 Å². The van der Waals surface area contributed by atoms with E-state index in [2.05, 4.69) is 122 Å². The van der Waals surface area contributed by atoms with Gasteiger partial charge in [-0.2, -0.15) is 5.48 Å². The fourth-order valence-corrected chi connectivity index (χ4v) is 5.71. The molecule has 0 aromatic heterocycles.